The van der Waals surface area contributed by atoms with Crippen LogP contribution in [0.1, 0.15) is 12.0 Å². The van der Waals surface area contributed by atoms with Crippen LogP contribution in [0.5, 0.6) is 0 Å². The van der Waals surface area contributed by atoms with Crippen LogP contribution in [0.3, 0.4) is 0 Å². The molecule has 0 saturated carbocycles. The van der Waals surface area contributed by atoms with E-state index in [1.807, 2.05) is 24.3 Å². The quantitative estimate of drug-likeness (QED) is 0.684. The first-order valence-electron chi connectivity index (χ1n) is 7.84. The molecule has 26 heavy (non-hydrogen) atoms. The molecule has 0 atom stereocenters. The van der Waals surface area contributed by atoms with Gasteiger partial charge in [0.15, 0.2) is 5.82 Å². The standard InChI is InChI=1S/C19H12Cl2N4O/c20-13-8-16-17(9-14(13)21)25-18(26)10-15(24-16)11-3-1-4-12(7-11)19-22-5-2-6-23-19/h1-9H,10H2,(H,25,26). The van der Waals surface area contributed by atoms with Crippen molar-refractivity contribution in [3.63, 3.8) is 0 Å². The normalized spacial score (nSPS) is 13.5. The Morgan fingerprint density at radius 3 is 2.46 bits per heavy atom. The Hall–Kier alpha value is -2.76. The minimum Gasteiger partial charge on any atom is -0.324 e. The molecule has 0 bridgehead atoms. The third kappa shape index (κ3) is 3.31. The number of hydrogen-bond acceptors (Lipinski definition) is 4. The summed E-state index contributed by atoms with van der Waals surface area (Å²) in [6.45, 7) is 0. The van der Waals surface area contributed by atoms with Crippen LogP contribution in [0.25, 0.3) is 11.4 Å². The first-order valence-corrected chi connectivity index (χ1v) is 8.60. The van der Waals surface area contributed by atoms with Crippen LogP contribution in [-0.4, -0.2) is 21.6 Å². The Morgan fingerprint density at radius 1 is 0.923 bits per heavy atom. The van der Waals surface area contributed by atoms with E-state index < -0.39 is 0 Å². The van der Waals surface area contributed by atoms with Crippen LogP contribution in [0.2, 0.25) is 10.0 Å². The van der Waals surface area contributed by atoms with E-state index in [-0.39, 0.29) is 12.3 Å². The van der Waals surface area contributed by atoms with Gasteiger partial charge < -0.3 is 5.32 Å². The second-order valence-electron chi connectivity index (χ2n) is 5.72. The zero-order valence-electron chi connectivity index (χ0n) is 13.4. The lowest BCUT2D eigenvalue weighted by atomic mass is 10.0. The van der Waals surface area contributed by atoms with E-state index in [9.17, 15) is 4.79 Å². The van der Waals surface area contributed by atoms with Gasteiger partial charge in [0.2, 0.25) is 5.91 Å². The van der Waals surface area contributed by atoms with Crippen molar-refractivity contribution in [3.05, 3.63) is 70.5 Å². The van der Waals surface area contributed by atoms with Gasteiger partial charge >= 0.3 is 0 Å². The minimum absolute atomic E-state index is 0.142. The Morgan fingerprint density at radius 2 is 1.65 bits per heavy atom. The molecule has 1 aliphatic heterocycles. The summed E-state index contributed by atoms with van der Waals surface area (Å²) in [5, 5.41) is 3.57. The highest BCUT2D eigenvalue weighted by Crippen LogP contribution is 2.36. The molecule has 5 nitrogen and oxygen atoms in total. The summed E-state index contributed by atoms with van der Waals surface area (Å²) in [6.07, 6.45) is 3.52. The van der Waals surface area contributed by atoms with Gasteiger partial charge in [0.1, 0.15) is 0 Å². The summed E-state index contributed by atoms with van der Waals surface area (Å²) in [5.41, 5.74) is 3.43. The smallest absolute Gasteiger partial charge is 0.230 e. The van der Waals surface area contributed by atoms with Crippen LogP contribution in [0.15, 0.2) is 59.9 Å². The third-order valence-corrected chi connectivity index (χ3v) is 4.64. The highest BCUT2D eigenvalue weighted by molar-refractivity contribution is 6.42. The average Bonchev–Trinajstić information content (AvgIpc) is 2.81. The monoisotopic (exact) mass is 382 g/mol. The van der Waals surface area contributed by atoms with Crippen molar-refractivity contribution >= 4 is 46.2 Å². The maximum atomic E-state index is 12.3. The van der Waals surface area contributed by atoms with Crippen LogP contribution in [0, 0.1) is 0 Å². The summed E-state index contributed by atoms with van der Waals surface area (Å²) in [4.78, 5) is 25.5. The van der Waals surface area contributed by atoms with E-state index in [4.69, 9.17) is 23.2 Å². The minimum atomic E-state index is -0.165. The van der Waals surface area contributed by atoms with Crippen molar-refractivity contribution < 1.29 is 4.79 Å². The van der Waals surface area contributed by atoms with Crippen molar-refractivity contribution in [2.45, 2.75) is 6.42 Å². The zero-order valence-corrected chi connectivity index (χ0v) is 14.9. The molecule has 0 saturated heterocycles. The van der Waals surface area contributed by atoms with Gasteiger partial charge in [-0.15, -0.1) is 0 Å². The van der Waals surface area contributed by atoms with Crippen molar-refractivity contribution in [1.82, 2.24) is 9.97 Å². The molecule has 1 N–H and O–H groups in total. The molecule has 7 heteroatoms. The number of nitrogens with zero attached hydrogens (tertiary/aromatic N) is 3. The number of carbonyl (C=O) groups is 1. The lowest BCUT2D eigenvalue weighted by Gasteiger charge is -2.06. The molecule has 1 amide bonds. The Kier molecular flexibility index (Phi) is 4.41. The summed E-state index contributed by atoms with van der Waals surface area (Å²) in [5.74, 6) is 0.450. The number of hydrogen-bond donors (Lipinski definition) is 1. The maximum Gasteiger partial charge on any atom is 0.230 e. The number of aliphatic imine (C=N–C) groups is 1. The molecule has 0 unspecified atom stereocenters. The van der Waals surface area contributed by atoms with Crippen molar-refractivity contribution in [2.24, 2.45) is 4.99 Å². The number of halogens is 2. The number of nitrogens with one attached hydrogen (secondary N) is 1. The van der Waals surface area contributed by atoms with Gasteiger partial charge in [0.05, 0.1) is 33.6 Å². The lowest BCUT2D eigenvalue weighted by molar-refractivity contribution is -0.115. The van der Waals surface area contributed by atoms with Crippen LogP contribution in [0.4, 0.5) is 11.4 Å². The van der Waals surface area contributed by atoms with Gasteiger partial charge in [0, 0.05) is 18.0 Å². The maximum absolute atomic E-state index is 12.3. The van der Waals surface area contributed by atoms with Gasteiger partial charge in [-0.2, -0.15) is 0 Å². The van der Waals surface area contributed by atoms with Crippen LogP contribution >= 0.6 is 23.2 Å². The highest BCUT2D eigenvalue weighted by atomic mass is 35.5. The molecular formula is C19H12Cl2N4O. The molecule has 4 rings (SSSR count). The number of rotatable bonds is 2. The van der Waals surface area contributed by atoms with Gasteiger partial charge in [-0.05, 0) is 29.8 Å². The number of aromatic nitrogens is 2. The lowest BCUT2D eigenvalue weighted by Crippen LogP contribution is -2.15. The van der Waals surface area contributed by atoms with Crippen LogP contribution < -0.4 is 5.32 Å². The van der Waals surface area contributed by atoms with E-state index >= 15 is 0 Å². The Bertz CT molecular complexity index is 1030. The second-order valence-corrected chi connectivity index (χ2v) is 6.53. The van der Waals surface area contributed by atoms with E-state index in [0.717, 1.165) is 11.1 Å². The molecule has 128 valence electrons. The number of carbonyl (C=O) groups excluding carboxylic acids is 1. The number of amides is 1. The molecule has 1 aromatic heterocycles. The first kappa shape index (κ1) is 16.7. The number of benzene rings is 2. The fourth-order valence-electron chi connectivity index (χ4n) is 2.71. The fourth-order valence-corrected chi connectivity index (χ4v) is 3.03. The van der Waals surface area contributed by atoms with Gasteiger partial charge in [0.25, 0.3) is 0 Å². The second kappa shape index (κ2) is 6.86. The molecule has 0 radical (unpaired) electrons. The van der Waals surface area contributed by atoms with E-state index in [1.165, 1.54) is 0 Å². The summed E-state index contributed by atoms with van der Waals surface area (Å²) in [6, 6.07) is 12.7. The topological polar surface area (TPSA) is 67.2 Å². The third-order valence-electron chi connectivity index (χ3n) is 3.92. The predicted molar refractivity (Wildman–Crippen MR) is 103 cm³/mol. The van der Waals surface area contributed by atoms with Crippen molar-refractivity contribution in [1.29, 1.82) is 0 Å². The Balaban J connectivity index is 1.80. The zero-order chi connectivity index (χ0) is 18.1. The van der Waals surface area contributed by atoms with E-state index in [1.54, 1.807) is 30.6 Å². The molecule has 0 fully saturated rings. The summed E-state index contributed by atoms with van der Waals surface area (Å²) < 4.78 is 0. The molecule has 2 heterocycles. The summed E-state index contributed by atoms with van der Waals surface area (Å²) in [7, 11) is 0. The van der Waals surface area contributed by atoms with Crippen molar-refractivity contribution in [3.8, 4) is 11.4 Å². The SMILES string of the molecule is O=C1CC(c2cccc(-c3ncccn3)c2)=Nc2cc(Cl)c(Cl)cc2N1. The predicted octanol–water partition coefficient (Wildman–Crippen LogP) is 4.91. The highest BCUT2D eigenvalue weighted by Gasteiger charge is 2.19. The molecule has 0 aliphatic carbocycles. The number of anilines is 1. The molecule has 2 aromatic carbocycles. The van der Waals surface area contributed by atoms with Gasteiger partial charge in [-0.25, -0.2) is 9.97 Å². The Labute approximate surface area is 159 Å². The molecule has 1 aliphatic rings. The first-order chi connectivity index (χ1) is 12.6. The summed E-state index contributed by atoms with van der Waals surface area (Å²) >= 11 is 12.1. The van der Waals surface area contributed by atoms with Gasteiger partial charge in [-0.1, -0.05) is 41.4 Å². The largest absolute Gasteiger partial charge is 0.324 e. The molecule has 0 spiro atoms. The van der Waals surface area contributed by atoms with E-state index in [2.05, 4.69) is 20.3 Å². The van der Waals surface area contributed by atoms with Gasteiger partial charge in [-0.3, -0.25) is 9.79 Å². The fraction of sp³-hybridized carbons (Fsp3) is 0.0526. The molecule has 3 aromatic rings. The van der Waals surface area contributed by atoms with E-state index in [0.29, 0.717) is 33.0 Å². The van der Waals surface area contributed by atoms with Crippen molar-refractivity contribution in [2.75, 3.05) is 5.32 Å². The molecular weight excluding hydrogens is 371 g/mol. The number of fused-ring (bicyclic) bond motifs is 1. The van der Waals surface area contributed by atoms with Crippen LogP contribution in [-0.2, 0) is 4.79 Å². The average molecular weight is 383 g/mol.